The highest BCUT2D eigenvalue weighted by molar-refractivity contribution is 5.78. The van der Waals surface area contributed by atoms with Gasteiger partial charge in [0, 0.05) is 12.6 Å². The normalized spacial score (nSPS) is 17.5. The van der Waals surface area contributed by atoms with E-state index >= 15 is 0 Å². The number of benzene rings is 1. The molecule has 1 atom stereocenters. The molecule has 6 heteroatoms. The Morgan fingerprint density at radius 3 is 2.36 bits per heavy atom. The number of rotatable bonds is 5. The first kappa shape index (κ1) is 16.8. The molecule has 0 radical (unpaired) electrons. The zero-order chi connectivity index (χ0) is 16.2. The van der Waals surface area contributed by atoms with Crippen molar-refractivity contribution in [2.45, 2.75) is 43.8 Å². The molecule has 1 N–H and O–H groups in total. The molecule has 2 rings (SSSR count). The summed E-state index contributed by atoms with van der Waals surface area (Å²) in [5.41, 5.74) is -0.186. The van der Waals surface area contributed by atoms with Crippen LogP contribution in [-0.4, -0.2) is 25.7 Å². The zero-order valence-electron chi connectivity index (χ0n) is 12.5. The Labute approximate surface area is 127 Å². The minimum Gasteiger partial charge on any atom is -0.469 e. The first-order valence-corrected chi connectivity index (χ1v) is 7.40. The molecule has 0 spiro atoms. The smallest absolute Gasteiger partial charge is 0.416 e. The van der Waals surface area contributed by atoms with Crippen molar-refractivity contribution >= 4 is 5.97 Å². The van der Waals surface area contributed by atoms with Gasteiger partial charge in [-0.15, -0.1) is 0 Å². The molecule has 0 heterocycles. The van der Waals surface area contributed by atoms with Gasteiger partial charge in [0.2, 0.25) is 0 Å². The number of halogens is 3. The number of alkyl halides is 3. The molecule has 0 amide bonds. The van der Waals surface area contributed by atoms with E-state index < -0.39 is 23.6 Å². The van der Waals surface area contributed by atoms with Crippen molar-refractivity contribution < 1.29 is 22.7 Å². The molecule has 1 fully saturated rings. The van der Waals surface area contributed by atoms with Crippen LogP contribution >= 0.6 is 0 Å². The minimum absolute atomic E-state index is 0.376. The van der Waals surface area contributed by atoms with Gasteiger partial charge in [-0.05, 0) is 30.5 Å². The second kappa shape index (κ2) is 7.13. The Morgan fingerprint density at radius 1 is 1.27 bits per heavy atom. The fraction of sp³-hybridized carbons (Fsp3) is 0.562. The van der Waals surface area contributed by atoms with Crippen LogP contribution in [-0.2, 0) is 15.7 Å². The Hall–Kier alpha value is -1.56. The van der Waals surface area contributed by atoms with Gasteiger partial charge in [-0.2, -0.15) is 13.2 Å². The number of methoxy groups -OCH3 is 1. The van der Waals surface area contributed by atoms with Gasteiger partial charge in [-0.25, -0.2) is 0 Å². The predicted octanol–water partition coefficient (Wildman–Crippen LogP) is 3.49. The van der Waals surface area contributed by atoms with Crippen molar-refractivity contribution in [1.82, 2.24) is 5.32 Å². The van der Waals surface area contributed by atoms with Gasteiger partial charge in [-0.1, -0.05) is 25.0 Å². The molecule has 1 saturated carbocycles. The molecule has 1 unspecified atom stereocenters. The number of hydrogen-bond acceptors (Lipinski definition) is 3. The van der Waals surface area contributed by atoms with Gasteiger partial charge in [0.05, 0.1) is 18.6 Å². The largest absolute Gasteiger partial charge is 0.469 e. The van der Waals surface area contributed by atoms with Crippen molar-refractivity contribution in [1.29, 1.82) is 0 Å². The van der Waals surface area contributed by atoms with Crippen LogP contribution in [0.2, 0.25) is 0 Å². The van der Waals surface area contributed by atoms with Gasteiger partial charge >= 0.3 is 12.1 Å². The zero-order valence-corrected chi connectivity index (χ0v) is 12.5. The van der Waals surface area contributed by atoms with E-state index in [1.54, 1.807) is 0 Å². The number of ether oxygens (including phenoxy) is 1. The number of nitrogens with one attached hydrogen (secondary N) is 1. The standard InChI is InChI=1S/C16H20F3NO2/c1-22-15(21)14(10-20-13-4-2-3-5-13)11-6-8-12(9-7-11)16(17,18)19/h6-9,13-14,20H,2-5,10H2,1H3. The summed E-state index contributed by atoms with van der Waals surface area (Å²) >= 11 is 0. The summed E-state index contributed by atoms with van der Waals surface area (Å²) in [5, 5.41) is 3.32. The lowest BCUT2D eigenvalue weighted by molar-refractivity contribution is -0.142. The highest BCUT2D eigenvalue weighted by Gasteiger charge is 2.31. The van der Waals surface area contributed by atoms with Crippen LogP contribution < -0.4 is 5.32 Å². The number of hydrogen-bond donors (Lipinski definition) is 1. The molecule has 0 aliphatic heterocycles. The fourth-order valence-electron chi connectivity index (χ4n) is 2.80. The van der Waals surface area contributed by atoms with E-state index in [0.29, 0.717) is 18.2 Å². The lowest BCUT2D eigenvalue weighted by Gasteiger charge is -2.19. The molecule has 1 aromatic rings. The highest BCUT2D eigenvalue weighted by Crippen LogP contribution is 2.30. The summed E-state index contributed by atoms with van der Waals surface area (Å²) in [6, 6.07) is 5.07. The van der Waals surface area contributed by atoms with Crippen LogP contribution in [0.5, 0.6) is 0 Å². The van der Waals surface area contributed by atoms with Crippen molar-refractivity contribution in [3.05, 3.63) is 35.4 Å². The molecule has 0 saturated heterocycles. The third kappa shape index (κ3) is 4.22. The summed E-state index contributed by atoms with van der Waals surface area (Å²) in [6.07, 6.45) is 0.102. The van der Waals surface area contributed by atoms with Crippen LogP contribution in [0.3, 0.4) is 0 Å². The molecule has 0 bridgehead atoms. The molecule has 1 aromatic carbocycles. The molecular formula is C16H20F3NO2. The third-order valence-electron chi connectivity index (χ3n) is 4.09. The lowest BCUT2D eigenvalue weighted by Crippen LogP contribution is -2.33. The van der Waals surface area contributed by atoms with Crippen LogP contribution in [0, 0.1) is 0 Å². The van der Waals surface area contributed by atoms with E-state index in [0.717, 1.165) is 25.0 Å². The third-order valence-corrected chi connectivity index (χ3v) is 4.09. The second-order valence-electron chi connectivity index (χ2n) is 5.59. The highest BCUT2D eigenvalue weighted by atomic mass is 19.4. The molecule has 0 aromatic heterocycles. The first-order chi connectivity index (χ1) is 10.4. The predicted molar refractivity (Wildman–Crippen MR) is 76.5 cm³/mol. The topological polar surface area (TPSA) is 38.3 Å². The summed E-state index contributed by atoms with van der Waals surface area (Å²) in [7, 11) is 1.29. The van der Waals surface area contributed by atoms with E-state index in [1.807, 2.05) is 0 Å². The summed E-state index contributed by atoms with van der Waals surface area (Å²) < 4.78 is 42.6. The van der Waals surface area contributed by atoms with Crippen LogP contribution in [0.1, 0.15) is 42.7 Å². The maximum Gasteiger partial charge on any atom is 0.416 e. The van der Waals surface area contributed by atoms with E-state index in [-0.39, 0.29) is 0 Å². The molecule has 122 valence electrons. The Bertz CT molecular complexity index is 493. The molecule has 1 aliphatic rings. The summed E-state index contributed by atoms with van der Waals surface area (Å²) in [4.78, 5) is 11.9. The summed E-state index contributed by atoms with van der Waals surface area (Å²) in [6.45, 7) is 0.378. The van der Waals surface area contributed by atoms with Gasteiger partial charge in [-0.3, -0.25) is 4.79 Å². The van der Waals surface area contributed by atoms with Crippen LogP contribution in [0.15, 0.2) is 24.3 Å². The van der Waals surface area contributed by atoms with Gasteiger partial charge in [0.1, 0.15) is 0 Å². The average Bonchev–Trinajstić information content (AvgIpc) is 3.00. The fourth-order valence-corrected chi connectivity index (χ4v) is 2.80. The number of esters is 1. The van der Waals surface area contributed by atoms with Crippen molar-refractivity contribution in [2.24, 2.45) is 0 Å². The number of carbonyl (C=O) groups is 1. The van der Waals surface area contributed by atoms with Crippen LogP contribution in [0.25, 0.3) is 0 Å². The van der Waals surface area contributed by atoms with Crippen molar-refractivity contribution in [3.8, 4) is 0 Å². The molecular weight excluding hydrogens is 295 g/mol. The quantitative estimate of drug-likeness (QED) is 0.845. The Balaban J connectivity index is 2.09. The van der Waals surface area contributed by atoms with E-state index in [4.69, 9.17) is 4.74 Å². The van der Waals surface area contributed by atoms with Gasteiger partial charge < -0.3 is 10.1 Å². The molecule has 1 aliphatic carbocycles. The molecule has 3 nitrogen and oxygen atoms in total. The van der Waals surface area contributed by atoms with Crippen molar-refractivity contribution in [2.75, 3.05) is 13.7 Å². The maximum absolute atomic E-state index is 12.6. The molecule has 22 heavy (non-hydrogen) atoms. The van der Waals surface area contributed by atoms with Crippen molar-refractivity contribution in [3.63, 3.8) is 0 Å². The minimum atomic E-state index is -4.37. The van der Waals surface area contributed by atoms with Gasteiger partial charge in [0.25, 0.3) is 0 Å². The maximum atomic E-state index is 12.6. The second-order valence-corrected chi connectivity index (χ2v) is 5.59. The summed E-state index contributed by atoms with van der Waals surface area (Å²) in [5.74, 6) is -1.03. The Morgan fingerprint density at radius 2 is 1.86 bits per heavy atom. The number of carbonyl (C=O) groups excluding carboxylic acids is 1. The lowest BCUT2D eigenvalue weighted by atomic mass is 9.97. The van der Waals surface area contributed by atoms with E-state index in [9.17, 15) is 18.0 Å². The average molecular weight is 315 g/mol. The van der Waals surface area contributed by atoms with E-state index in [1.165, 1.54) is 32.1 Å². The SMILES string of the molecule is COC(=O)C(CNC1CCCC1)c1ccc(C(F)(F)F)cc1. The monoisotopic (exact) mass is 315 g/mol. The first-order valence-electron chi connectivity index (χ1n) is 7.40. The Kier molecular flexibility index (Phi) is 5.45. The van der Waals surface area contributed by atoms with Crippen LogP contribution in [0.4, 0.5) is 13.2 Å². The van der Waals surface area contributed by atoms with Gasteiger partial charge in [0.15, 0.2) is 0 Å². The van der Waals surface area contributed by atoms with E-state index in [2.05, 4.69) is 5.32 Å².